The Bertz CT molecular complexity index is 1850. The van der Waals surface area contributed by atoms with Gasteiger partial charge in [0.1, 0.15) is 37.1 Å². The van der Waals surface area contributed by atoms with E-state index in [1.54, 1.807) is 0 Å². The highest BCUT2D eigenvalue weighted by Crippen LogP contribution is 2.58. The molecule has 3 saturated heterocycles. The molecule has 0 aromatic carbocycles. The van der Waals surface area contributed by atoms with E-state index in [0.717, 1.165) is 6.66 Å². The van der Waals surface area contributed by atoms with Gasteiger partial charge in [0.25, 0.3) is 0 Å². The molecule has 0 spiro atoms. The minimum atomic E-state index is -4.37. The Morgan fingerprint density at radius 3 is 1.81 bits per heavy atom. The zero-order valence-corrected chi connectivity index (χ0v) is 27.5. The molecular formula is C25H28F2N10O8P2S. The van der Waals surface area contributed by atoms with E-state index < -0.39 is 76.8 Å². The summed E-state index contributed by atoms with van der Waals surface area (Å²) in [4.78, 5) is 25.8. The van der Waals surface area contributed by atoms with Gasteiger partial charge in [0, 0.05) is 19.8 Å². The highest BCUT2D eigenvalue weighted by Gasteiger charge is 2.54. The molecule has 4 aromatic heterocycles. The predicted octanol–water partition coefficient (Wildman–Crippen LogP) is 3.21. The van der Waals surface area contributed by atoms with E-state index in [2.05, 4.69) is 52.8 Å². The van der Waals surface area contributed by atoms with Crippen LogP contribution in [0.15, 0.2) is 37.5 Å². The van der Waals surface area contributed by atoms with Gasteiger partial charge < -0.3 is 24.6 Å². The number of hydrogen-bond donors (Lipinski definition) is 3. The summed E-state index contributed by atoms with van der Waals surface area (Å²) in [5.74, 6) is 0.765. The van der Waals surface area contributed by atoms with Gasteiger partial charge in [0.2, 0.25) is 0 Å². The van der Waals surface area contributed by atoms with Crippen molar-refractivity contribution in [2.24, 2.45) is 0 Å². The third-order valence-electron chi connectivity index (χ3n) is 8.18. The molecule has 5 aliphatic heterocycles. The summed E-state index contributed by atoms with van der Waals surface area (Å²) in [7, 11) is -4.08. The van der Waals surface area contributed by atoms with Crippen LogP contribution < -0.4 is 10.6 Å². The maximum absolute atomic E-state index is 16.3. The highest BCUT2D eigenvalue weighted by atomic mass is 32.7. The van der Waals surface area contributed by atoms with Crippen LogP contribution in [-0.4, -0.2) is 109 Å². The summed E-state index contributed by atoms with van der Waals surface area (Å²) in [5.41, 5.74) is 1.13. The molecule has 9 heterocycles. The lowest BCUT2D eigenvalue weighted by molar-refractivity contribution is -0.0555. The second-order valence-corrected chi connectivity index (χ2v) is 16.2. The topological polar surface area (TPSA) is 201 Å². The third kappa shape index (κ3) is 5.80. The van der Waals surface area contributed by atoms with Crippen molar-refractivity contribution in [1.29, 1.82) is 0 Å². The zero-order chi connectivity index (χ0) is 33.2. The lowest BCUT2D eigenvalue weighted by atomic mass is 10.1. The van der Waals surface area contributed by atoms with Gasteiger partial charge in [-0.15, -0.1) is 0 Å². The first kappa shape index (κ1) is 32.1. The molecule has 18 nitrogen and oxygen atoms in total. The van der Waals surface area contributed by atoms with Crippen LogP contribution in [0.4, 0.5) is 20.4 Å². The van der Waals surface area contributed by atoms with Gasteiger partial charge in [0.15, 0.2) is 58.8 Å². The molecule has 2 N–H and O–H groups in total. The van der Waals surface area contributed by atoms with E-state index in [-0.39, 0.29) is 11.3 Å². The first-order valence-electron chi connectivity index (χ1n) is 14.7. The quantitative estimate of drug-likeness (QED) is 0.135. The minimum absolute atomic E-state index is 0.231. The summed E-state index contributed by atoms with van der Waals surface area (Å²) >= 11 is 4.07. The Labute approximate surface area is 275 Å². The van der Waals surface area contributed by atoms with Crippen LogP contribution in [0.5, 0.6) is 0 Å². The van der Waals surface area contributed by atoms with Gasteiger partial charge in [-0.3, -0.25) is 27.3 Å². The number of anilines is 2. The number of ether oxygens (including phenoxy) is 2. The Kier molecular flexibility index (Phi) is 8.24. The Morgan fingerprint density at radius 1 is 0.771 bits per heavy atom. The predicted molar refractivity (Wildman–Crippen MR) is 166 cm³/mol. The average molecular weight is 729 g/mol. The summed E-state index contributed by atoms with van der Waals surface area (Å²) in [5, 5.41) is 6.31. The van der Waals surface area contributed by atoms with Crippen molar-refractivity contribution in [3.63, 3.8) is 0 Å². The first-order valence-corrected chi connectivity index (χ1v) is 19.4. The maximum atomic E-state index is 16.3. The molecule has 48 heavy (non-hydrogen) atoms. The van der Waals surface area contributed by atoms with E-state index in [4.69, 9.17) is 27.6 Å². The van der Waals surface area contributed by atoms with E-state index in [1.807, 2.05) is 12.2 Å². The number of hydrogen-bond acceptors (Lipinski definition) is 16. The fourth-order valence-corrected chi connectivity index (χ4v) is 8.64. The molecule has 3 fully saturated rings. The molecule has 256 valence electrons. The number of halogens is 2. The van der Waals surface area contributed by atoms with E-state index >= 15 is 8.78 Å². The van der Waals surface area contributed by atoms with Gasteiger partial charge in [-0.2, -0.15) is 0 Å². The molecule has 9 rings (SSSR count). The fourth-order valence-electron chi connectivity index (χ4n) is 5.98. The van der Waals surface area contributed by atoms with Crippen molar-refractivity contribution in [1.82, 2.24) is 39.0 Å². The normalized spacial score (nSPS) is 38.0. The first-order chi connectivity index (χ1) is 23.1. The molecule has 0 saturated carbocycles. The maximum Gasteiger partial charge on any atom is 0.386 e. The fraction of sp³-hybridized carbons (Fsp3) is 0.520. The number of imidazole rings is 2. The van der Waals surface area contributed by atoms with E-state index in [9.17, 15) is 9.13 Å². The van der Waals surface area contributed by atoms with Gasteiger partial charge in [-0.1, -0.05) is 24.4 Å². The number of aromatic nitrogens is 8. The average Bonchev–Trinajstić information content (AvgIpc) is 3.81. The van der Waals surface area contributed by atoms with E-state index in [1.165, 1.54) is 34.4 Å². The zero-order valence-electron chi connectivity index (χ0n) is 24.9. The number of alkyl halides is 2. The standard InChI is InChI=1S/C25H28F2N10O8P2S/c1-46(38)40-6-12-19-15(27)25(42-12)37-11-35-17-21(31-9-33-23(17)37)29-5-3-2-4-28-20-16-22(32-8-30-20)36(10-34-16)24-14(26)18(44-46)13(43-24)7-41-47(39,48)45-19/h2-3,8-15,18-19,24-25H,4-7H2,1H3,(H,39,48)(H,28,30,32)(H,29,31,33)/b3-2+/t12-,13-,14-,15-,18-,19-,24-,25-,46+,47+/m1/s1. The Hall–Kier alpha value is -3.13. The lowest BCUT2D eigenvalue weighted by Gasteiger charge is -2.28. The minimum Gasteiger partial charge on any atom is -0.365 e. The second kappa shape index (κ2) is 12.3. The van der Waals surface area contributed by atoms with Crippen LogP contribution in [0.25, 0.3) is 22.3 Å². The lowest BCUT2D eigenvalue weighted by Crippen LogP contribution is -2.37. The van der Waals surface area contributed by atoms with Crippen LogP contribution in [0.1, 0.15) is 12.5 Å². The van der Waals surface area contributed by atoms with Gasteiger partial charge in [0.05, 0.1) is 25.9 Å². The van der Waals surface area contributed by atoms with Crippen LogP contribution in [0.3, 0.4) is 0 Å². The number of rotatable bonds is 0. The van der Waals surface area contributed by atoms with Crippen LogP contribution in [0.2, 0.25) is 0 Å². The number of nitrogens with zero attached hydrogens (tertiary/aromatic N) is 8. The van der Waals surface area contributed by atoms with Crippen LogP contribution >= 0.6 is 26.6 Å². The van der Waals surface area contributed by atoms with Crippen molar-refractivity contribution in [3.05, 3.63) is 37.5 Å². The molecule has 0 aliphatic carbocycles. The second-order valence-electron chi connectivity index (χ2n) is 11.3. The molecule has 23 heteroatoms. The molecule has 10 atom stereocenters. The highest BCUT2D eigenvalue weighted by molar-refractivity contribution is 8.44. The summed E-state index contributed by atoms with van der Waals surface area (Å²) < 4.78 is 96.7. The monoisotopic (exact) mass is 728 g/mol. The van der Waals surface area contributed by atoms with Crippen molar-refractivity contribution in [3.8, 4) is 0 Å². The van der Waals surface area contributed by atoms with Crippen molar-refractivity contribution < 1.29 is 45.5 Å². The van der Waals surface area contributed by atoms with Crippen molar-refractivity contribution in [2.75, 3.05) is 43.6 Å². The molecule has 5 aliphatic rings. The molecule has 4 aromatic rings. The smallest absolute Gasteiger partial charge is 0.365 e. The Balaban J connectivity index is 1.21. The summed E-state index contributed by atoms with van der Waals surface area (Å²) in [6.45, 7) is -3.67. The van der Waals surface area contributed by atoms with Crippen LogP contribution in [0, 0.1) is 0 Å². The summed E-state index contributed by atoms with van der Waals surface area (Å²) in [6.07, 6.45) is -3.50. The Morgan fingerprint density at radius 2 is 1.27 bits per heavy atom. The summed E-state index contributed by atoms with van der Waals surface area (Å²) in [6, 6.07) is 0. The van der Waals surface area contributed by atoms with Crippen molar-refractivity contribution >= 4 is 60.6 Å². The SMILES string of the molecule is C[P@]1(=O)OC[C@H]2O[C@@H]3[C@H](F)[C@@H]2O[P@@](=O)(S)OC[C@H]2O[C@H]([C@H](F)[C@@H]2O1)n1cnc2c(ncnc21)NC/C=C/CNc1ncnc2c1ncn23. The van der Waals surface area contributed by atoms with E-state index in [0.29, 0.717) is 35.8 Å². The molecule has 0 amide bonds. The van der Waals surface area contributed by atoms with Gasteiger partial charge in [-0.05, 0) is 0 Å². The van der Waals surface area contributed by atoms with Crippen molar-refractivity contribution in [2.45, 2.75) is 49.2 Å². The number of nitrogens with one attached hydrogen (secondary N) is 2. The largest absolute Gasteiger partial charge is 0.386 e. The molecule has 14 bridgehead atoms. The number of thiol groups is 1. The van der Waals surface area contributed by atoms with Gasteiger partial charge >= 0.3 is 14.4 Å². The van der Waals surface area contributed by atoms with Crippen LogP contribution in [-0.2, 0) is 36.7 Å². The van der Waals surface area contributed by atoms with Gasteiger partial charge in [-0.25, -0.2) is 43.2 Å². The molecular weight excluding hydrogens is 700 g/mol. The number of fused-ring (bicyclic) bond motifs is 10. The molecule has 0 unspecified atom stereocenters. The molecule has 0 radical (unpaired) electrons. The third-order valence-corrected chi connectivity index (χ3v) is 11.0.